The Morgan fingerprint density at radius 3 is 1.72 bits per heavy atom. The summed E-state index contributed by atoms with van der Waals surface area (Å²) in [5, 5.41) is 20.1. The van der Waals surface area contributed by atoms with Gasteiger partial charge in [-0.1, -0.05) is 131 Å². The van der Waals surface area contributed by atoms with Crippen molar-refractivity contribution in [1.82, 2.24) is 0 Å². The fourth-order valence-corrected chi connectivity index (χ4v) is 3.61. The van der Waals surface area contributed by atoms with Gasteiger partial charge in [0.2, 0.25) is 0 Å². The quantitative estimate of drug-likeness (QED) is 0.0859. The first-order chi connectivity index (χ1) is 17.2. The van der Waals surface area contributed by atoms with E-state index in [0.29, 0.717) is 6.42 Å². The van der Waals surface area contributed by atoms with Gasteiger partial charge in [0.05, 0.1) is 6.10 Å². The maximum atomic E-state index is 10.3. The molecule has 0 aliphatic heterocycles. The minimum atomic E-state index is -0.918. The van der Waals surface area contributed by atoms with E-state index in [1.807, 2.05) is 24.3 Å². The second-order valence-electron chi connectivity index (χ2n) is 9.06. The van der Waals surface area contributed by atoms with Crippen LogP contribution in [0.4, 0.5) is 0 Å². The van der Waals surface area contributed by atoms with Crippen molar-refractivity contribution in [3.05, 3.63) is 72.9 Å². The van der Waals surface area contributed by atoms with Crippen molar-refractivity contribution in [2.75, 3.05) is 0 Å². The first-order valence-electron chi connectivity index (χ1n) is 14.0. The van der Waals surface area contributed by atoms with E-state index in [1.165, 1.54) is 51.4 Å². The van der Waals surface area contributed by atoms with Gasteiger partial charge in [-0.25, -0.2) is 0 Å². The number of allylic oxidation sites excluding steroid dienone is 10. The predicted molar refractivity (Wildman–Crippen MR) is 150 cm³/mol. The molecule has 1 unspecified atom stereocenters. The van der Waals surface area contributed by atoms with Gasteiger partial charge in [0, 0.05) is 5.97 Å². The van der Waals surface area contributed by atoms with Gasteiger partial charge < -0.3 is 15.0 Å². The van der Waals surface area contributed by atoms with Gasteiger partial charge in [-0.2, -0.15) is 0 Å². The molecule has 4 heteroatoms. The van der Waals surface area contributed by atoms with E-state index in [-0.39, 0.29) is 36.0 Å². The van der Waals surface area contributed by atoms with Crippen molar-refractivity contribution in [3.63, 3.8) is 0 Å². The fraction of sp³-hybridized carbons (Fsp3) is 0.594. The van der Waals surface area contributed by atoms with E-state index < -0.39 is 12.1 Å². The van der Waals surface area contributed by atoms with Crippen LogP contribution in [0, 0.1) is 0 Å². The van der Waals surface area contributed by atoms with E-state index in [4.69, 9.17) is 0 Å². The Balaban J connectivity index is 0. The summed E-state index contributed by atoms with van der Waals surface area (Å²) in [7, 11) is 0. The summed E-state index contributed by atoms with van der Waals surface area (Å²) in [4.78, 5) is 10.3. The maximum Gasteiger partial charge on any atom is 1.00 e. The second-order valence-corrected chi connectivity index (χ2v) is 9.06. The summed E-state index contributed by atoms with van der Waals surface area (Å²) in [5.41, 5.74) is 0. The number of aliphatic carboxylic acids is 1. The SMILES string of the molecule is CC/C=C\CC(O)/C=C/C=C\C/C=C\C/C=C\C/C=C\CCCCCCCCCCCCC(=O)[O-].[Na+]. The third kappa shape index (κ3) is 32.9. The Labute approximate surface area is 244 Å². The Morgan fingerprint density at radius 2 is 1.17 bits per heavy atom. The first kappa shape index (κ1) is 37.0. The largest absolute Gasteiger partial charge is 1.00 e. The van der Waals surface area contributed by atoms with E-state index in [2.05, 4.69) is 55.5 Å². The van der Waals surface area contributed by atoms with Gasteiger partial charge in [-0.05, 0) is 57.8 Å². The molecule has 0 saturated heterocycles. The Morgan fingerprint density at radius 1 is 0.667 bits per heavy atom. The molecule has 0 aliphatic rings. The summed E-state index contributed by atoms with van der Waals surface area (Å²) in [6, 6.07) is 0. The number of rotatable bonds is 24. The van der Waals surface area contributed by atoms with Crippen LogP contribution in [0.5, 0.6) is 0 Å². The van der Waals surface area contributed by atoms with Crippen LogP contribution in [0.15, 0.2) is 72.9 Å². The number of hydrogen-bond donors (Lipinski definition) is 1. The predicted octanol–water partition coefficient (Wildman–Crippen LogP) is 5.09. The molecule has 198 valence electrons. The monoisotopic (exact) mass is 506 g/mol. The number of carbonyl (C=O) groups is 1. The number of aliphatic hydroxyl groups excluding tert-OH is 1. The van der Waals surface area contributed by atoms with Crippen molar-refractivity contribution in [2.24, 2.45) is 0 Å². The van der Waals surface area contributed by atoms with Gasteiger partial charge in [0.25, 0.3) is 0 Å². The standard InChI is InChI=1S/C32H52O3.Na/c1-2-3-25-28-31(33)29-26-23-21-19-17-15-13-11-9-7-5-4-6-8-10-12-14-16-18-20-22-24-27-30-32(34)35;/h3-5,9,11,15,17,21,23,25-26,29,31,33H,2,6-8,10,12-14,16,18-20,22,24,27-28,30H2,1H3,(H,34,35);/q;+1/p-1/b5-4-,11-9-,17-15-,23-21-,25-3-,29-26+;. The summed E-state index contributed by atoms with van der Waals surface area (Å²) < 4.78 is 0. The zero-order chi connectivity index (χ0) is 25.7. The Bertz CT molecular complexity index is 644. The van der Waals surface area contributed by atoms with Gasteiger partial charge in [-0.15, -0.1) is 0 Å². The molecule has 36 heavy (non-hydrogen) atoms. The van der Waals surface area contributed by atoms with E-state index >= 15 is 0 Å². The molecular weight excluding hydrogens is 455 g/mol. The molecule has 0 aromatic rings. The number of unbranched alkanes of at least 4 members (excludes halogenated alkanes) is 10. The summed E-state index contributed by atoms with van der Waals surface area (Å²) in [6.07, 6.45) is 42.9. The Hall–Kier alpha value is -1.13. The van der Waals surface area contributed by atoms with Crippen LogP contribution >= 0.6 is 0 Å². The molecule has 0 spiro atoms. The molecule has 0 bridgehead atoms. The summed E-state index contributed by atoms with van der Waals surface area (Å²) >= 11 is 0. The van der Waals surface area contributed by atoms with Crippen LogP contribution < -0.4 is 34.7 Å². The van der Waals surface area contributed by atoms with Gasteiger partial charge in [-0.3, -0.25) is 0 Å². The molecule has 0 saturated carbocycles. The Kier molecular flexibility index (Phi) is 32.8. The summed E-state index contributed by atoms with van der Waals surface area (Å²) in [6.45, 7) is 2.09. The van der Waals surface area contributed by atoms with Crippen LogP contribution in [0.25, 0.3) is 0 Å². The molecular formula is C32H51NaO3. The van der Waals surface area contributed by atoms with E-state index in [0.717, 1.165) is 44.9 Å². The van der Waals surface area contributed by atoms with Crippen molar-refractivity contribution in [3.8, 4) is 0 Å². The second kappa shape index (κ2) is 31.9. The fourth-order valence-electron chi connectivity index (χ4n) is 3.61. The van der Waals surface area contributed by atoms with Gasteiger partial charge >= 0.3 is 29.6 Å². The molecule has 1 N–H and O–H groups in total. The zero-order valence-corrected chi connectivity index (χ0v) is 25.3. The molecule has 0 aromatic carbocycles. The molecule has 0 heterocycles. The van der Waals surface area contributed by atoms with Crippen molar-refractivity contribution in [2.45, 2.75) is 122 Å². The molecule has 0 fully saturated rings. The molecule has 1 atom stereocenters. The van der Waals surface area contributed by atoms with E-state index in [9.17, 15) is 15.0 Å². The van der Waals surface area contributed by atoms with Crippen molar-refractivity contribution >= 4 is 5.97 Å². The molecule has 0 rings (SSSR count). The zero-order valence-electron chi connectivity index (χ0n) is 23.3. The van der Waals surface area contributed by atoms with Crippen LogP contribution in [0.2, 0.25) is 0 Å². The van der Waals surface area contributed by atoms with Crippen molar-refractivity contribution in [1.29, 1.82) is 0 Å². The normalized spacial score (nSPS) is 13.3. The third-order valence-electron chi connectivity index (χ3n) is 5.68. The molecule has 0 amide bonds. The first-order valence-corrected chi connectivity index (χ1v) is 14.0. The average molecular weight is 507 g/mol. The average Bonchev–Trinajstić information content (AvgIpc) is 2.84. The van der Waals surface area contributed by atoms with Crippen LogP contribution in [-0.4, -0.2) is 17.2 Å². The number of carboxylic acid groups (broad SMARTS) is 1. The molecule has 3 nitrogen and oxygen atoms in total. The maximum absolute atomic E-state index is 10.3. The number of aliphatic hydroxyl groups is 1. The van der Waals surface area contributed by atoms with Crippen LogP contribution in [-0.2, 0) is 4.79 Å². The van der Waals surface area contributed by atoms with E-state index in [1.54, 1.807) is 0 Å². The minimum absolute atomic E-state index is 0. The smallest absolute Gasteiger partial charge is 0.550 e. The van der Waals surface area contributed by atoms with Crippen LogP contribution in [0.3, 0.4) is 0 Å². The van der Waals surface area contributed by atoms with Gasteiger partial charge in [0.15, 0.2) is 0 Å². The topological polar surface area (TPSA) is 60.4 Å². The van der Waals surface area contributed by atoms with Gasteiger partial charge in [0.1, 0.15) is 0 Å². The minimum Gasteiger partial charge on any atom is -0.550 e. The molecule has 0 radical (unpaired) electrons. The summed E-state index contributed by atoms with van der Waals surface area (Å²) in [5.74, 6) is -0.918. The third-order valence-corrected chi connectivity index (χ3v) is 5.68. The number of carbonyl (C=O) groups excluding carboxylic acids is 1. The number of hydrogen-bond acceptors (Lipinski definition) is 3. The molecule has 0 aromatic heterocycles. The van der Waals surface area contributed by atoms with Crippen LogP contribution in [0.1, 0.15) is 116 Å². The number of carboxylic acids is 1. The van der Waals surface area contributed by atoms with Crippen molar-refractivity contribution < 1.29 is 44.6 Å². The molecule has 0 aliphatic carbocycles.